The second-order valence-corrected chi connectivity index (χ2v) is 10.5. The standard InChI is InChI=1S/C23H22N4O6S2/c1-33-23(30)27-12-11-17-18(13-27)34-22(19(17)20(24)28)25-21(29)14-7-9-15(10-8-14)26-35(31,32)16-5-3-2-4-6-16/h2-10,26H,11-13H2,1H3,(H2,24,28)(H,25,29). The van der Waals surface area contributed by atoms with E-state index in [1.165, 1.54) is 59.7 Å². The Kier molecular flexibility index (Phi) is 6.76. The van der Waals surface area contributed by atoms with Crippen LogP contribution >= 0.6 is 11.3 Å². The lowest BCUT2D eigenvalue weighted by molar-refractivity contribution is 0.0999. The van der Waals surface area contributed by atoms with Gasteiger partial charge in [0.2, 0.25) is 0 Å². The Balaban J connectivity index is 1.51. The normalized spacial score (nSPS) is 13.0. The molecule has 1 aromatic heterocycles. The summed E-state index contributed by atoms with van der Waals surface area (Å²) in [5, 5.41) is 3.02. The molecule has 0 spiro atoms. The topological polar surface area (TPSA) is 148 Å². The van der Waals surface area contributed by atoms with Crippen LogP contribution in [0.1, 0.15) is 31.2 Å². The molecule has 3 aromatic rings. The number of ether oxygens (including phenoxy) is 1. The third-order valence-electron chi connectivity index (χ3n) is 5.42. The van der Waals surface area contributed by atoms with E-state index in [4.69, 9.17) is 10.5 Å². The van der Waals surface area contributed by atoms with Crippen molar-refractivity contribution in [1.82, 2.24) is 4.90 Å². The Bertz CT molecular complexity index is 1390. The summed E-state index contributed by atoms with van der Waals surface area (Å²) < 4.78 is 32.2. The summed E-state index contributed by atoms with van der Waals surface area (Å²) in [6.45, 7) is 0.615. The van der Waals surface area contributed by atoms with Gasteiger partial charge in [0.1, 0.15) is 5.00 Å². The molecule has 0 bridgehead atoms. The maximum atomic E-state index is 12.9. The van der Waals surface area contributed by atoms with Crippen molar-refractivity contribution in [1.29, 1.82) is 0 Å². The van der Waals surface area contributed by atoms with Crippen molar-refractivity contribution in [2.75, 3.05) is 23.7 Å². The van der Waals surface area contributed by atoms with E-state index in [0.717, 1.165) is 4.88 Å². The summed E-state index contributed by atoms with van der Waals surface area (Å²) in [5.74, 6) is -1.16. The molecule has 0 saturated heterocycles. The highest BCUT2D eigenvalue weighted by molar-refractivity contribution is 7.92. The molecule has 4 rings (SSSR count). The van der Waals surface area contributed by atoms with E-state index in [0.29, 0.717) is 23.5 Å². The van der Waals surface area contributed by atoms with Crippen molar-refractivity contribution in [2.45, 2.75) is 17.9 Å². The number of thiophene rings is 1. The molecular weight excluding hydrogens is 492 g/mol. The number of amides is 3. The van der Waals surface area contributed by atoms with Crippen LogP contribution in [0.3, 0.4) is 0 Å². The number of nitrogens with zero attached hydrogens (tertiary/aromatic N) is 1. The molecule has 0 saturated carbocycles. The summed E-state index contributed by atoms with van der Waals surface area (Å²) in [6, 6.07) is 13.8. The number of carbonyl (C=O) groups excluding carboxylic acids is 3. The minimum atomic E-state index is -3.76. The lowest BCUT2D eigenvalue weighted by atomic mass is 10.0. The predicted octanol–water partition coefficient (Wildman–Crippen LogP) is 3.02. The third kappa shape index (κ3) is 5.12. The summed E-state index contributed by atoms with van der Waals surface area (Å²) in [4.78, 5) is 39.2. The molecule has 4 N–H and O–H groups in total. The molecular formula is C23H22N4O6S2. The highest BCUT2D eigenvalue weighted by Crippen LogP contribution is 2.37. The molecule has 0 radical (unpaired) electrons. The predicted molar refractivity (Wildman–Crippen MR) is 131 cm³/mol. The molecule has 0 unspecified atom stereocenters. The molecule has 10 nitrogen and oxygen atoms in total. The Morgan fingerprint density at radius 2 is 1.74 bits per heavy atom. The van der Waals surface area contributed by atoms with Crippen molar-refractivity contribution < 1.29 is 27.5 Å². The number of hydrogen-bond acceptors (Lipinski definition) is 7. The summed E-state index contributed by atoms with van der Waals surface area (Å²) >= 11 is 1.18. The van der Waals surface area contributed by atoms with E-state index in [1.54, 1.807) is 18.2 Å². The minimum absolute atomic E-state index is 0.119. The highest BCUT2D eigenvalue weighted by atomic mass is 32.2. The molecule has 0 atom stereocenters. The molecule has 12 heteroatoms. The van der Waals surface area contributed by atoms with Crippen LogP contribution in [-0.2, 0) is 27.7 Å². The molecule has 182 valence electrons. The van der Waals surface area contributed by atoms with Gasteiger partial charge in [-0.3, -0.25) is 14.3 Å². The Hall–Kier alpha value is -3.90. The zero-order valence-electron chi connectivity index (χ0n) is 18.6. The molecule has 1 aliphatic rings. The number of methoxy groups -OCH3 is 1. The molecule has 3 amide bonds. The fourth-order valence-electron chi connectivity index (χ4n) is 3.72. The summed E-state index contributed by atoms with van der Waals surface area (Å²) in [5.41, 5.74) is 7.08. The molecule has 1 aliphatic heterocycles. The van der Waals surface area contributed by atoms with Crippen LogP contribution in [0.25, 0.3) is 0 Å². The third-order valence-corrected chi connectivity index (χ3v) is 7.95. The van der Waals surface area contributed by atoms with Gasteiger partial charge in [0, 0.05) is 22.7 Å². The van der Waals surface area contributed by atoms with Gasteiger partial charge in [-0.25, -0.2) is 13.2 Å². The first-order chi connectivity index (χ1) is 16.7. The molecule has 35 heavy (non-hydrogen) atoms. The summed E-state index contributed by atoms with van der Waals surface area (Å²) in [6.07, 6.45) is -0.0658. The number of rotatable bonds is 6. The van der Waals surface area contributed by atoms with Crippen LogP contribution in [0, 0.1) is 0 Å². The van der Waals surface area contributed by atoms with Crippen LogP contribution < -0.4 is 15.8 Å². The van der Waals surface area contributed by atoms with Gasteiger partial charge in [0.25, 0.3) is 21.8 Å². The maximum absolute atomic E-state index is 12.9. The fraction of sp³-hybridized carbons (Fsp3) is 0.174. The zero-order chi connectivity index (χ0) is 25.2. The minimum Gasteiger partial charge on any atom is -0.453 e. The highest BCUT2D eigenvalue weighted by Gasteiger charge is 2.30. The van der Waals surface area contributed by atoms with E-state index in [1.807, 2.05) is 0 Å². The number of primary amides is 1. The SMILES string of the molecule is COC(=O)N1CCc2c(sc(NC(=O)c3ccc(NS(=O)(=O)c4ccccc4)cc3)c2C(N)=O)C1. The van der Waals surface area contributed by atoms with Crippen LogP contribution in [0.4, 0.5) is 15.5 Å². The molecule has 0 aliphatic carbocycles. The first-order valence-electron chi connectivity index (χ1n) is 10.5. The fourth-order valence-corrected chi connectivity index (χ4v) is 6.06. The quantitative estimate of drug-likeness (QED) is 0.461. The van der Waals surface area contributed by atoms with Gasteiger partial charge in [-0.05, 0) is 48.4 Å². The number of benzene rings is 2. The second kappa shape index (κ2) is 9.76. The Morgan fingerprint density at radius 1 is 1.06 bits per heavy atom. The van der Waals surface area contributed by atoms with Crippen molar-refractivity contribution in [3.05, 3.63) is 76.2 Å². The van der Waals surface area contributed by atoms with Crippen molar-refractivity contribution >= 4 is 50.0 Å². The van der Waals surface area contributed by atoms with Gasteiger partial charge in [0.15, 0.2) is 0 Å². The van der Waals surface area contributed by atoms with Gasteiger partial charge >= 0.3 is 6.09 Å². The number of nitrogens with one attached hydrogen (secondary N) is 2. The molecule has 2 heterocycles. The van der Waals surface area contributed by atoms with Crippen LogP contribution in [0.5, 0.6) is 0 Å². The van der Waals surface area contributed by atoms with E-state index < -0.39 is 27.9 Å². The van der Waals surface area contributed by atoms with E-state index in [9.17, 15) is 22.8 Å². The Morgan fingerprint density at radius 3 is 2.37 bits per heavy atom. The van der Waals surface area contributed by atoms with Crippen molar-refractivity contribution in [3.8, 4) is 0 Å². The van der Waals surface area contributed by atoms with Gasteiger partial charge in [-0.2, -0.15) is 0 Å². The number of carbonyl (C=O) groups is 3. The molecule has 2 aromatic carbocycles. The average Bonchev–Trinajstić information content (AvgIpc) is 3.21. The number of hydrogen-bond donors (Lipinski definition) is 3. The zero-order valence-corrected chi connectivity index (χ0v) is 20.2. The van der Waals surface area contributed by atoms with Gasteiger partial charge < -0.3 is 20.7 Å². The largest absolute Gasteiger partial charge is 0.453 e. The second-order valence-electron chi connectivity index (χ2n) is 7.66. The smallest absolute Gasteiger partial charge is 0.409 e. The molecule has 0 fully saturated rings. The van der Waals surface area contributed by atoms with Gasteiger partial charge in [-0.1, -0.05) is 18.2 Å². The van der Waals surface area contributed by atoms with Gasteiger partial charge in [-0.15, -0.1) is 11.3 Å². The van der Waals surface area contributed by atoms with Crippen LogP contribution in [0.15, 0.2) is 59.5 Å². The summed E-state index contributed by atoms with van der Waals surface area (Å²) in [7, 11) is -2.47. The number of sulfonamides is 1. The Labute approximate surface area is 205 Å². The first kappa shape index (κ1) is 24.2. The van der Waals surface area contributed by atoms with Crippen molar-refractivity contribution in [2.24, 2.45) is 5.73 Å². The van der Waals surface area contributed by atoms with Crippen LogP contribution in [-0.4, -0.2) is 44.9 Å². The van der Waals surface area contributed by atoms with Crippen molar-refractivity contribution in [3.63, 3.8) is 0 Å². The van der Waals surface area contributed by atoms with Gasteiger partial charge in [0.05, 0.1) is 24.1 Å². The average molecular weight is 515 g/mol. The number of nitrogens with two attached hydrogens (primary N) is 1. The lowest BCUT2D eigenvalue weighted by Crippen LogP contribution is -2.35. The maximum Gasteiger partial charge on any atom is 0.409 e. The number of fused-ring (bicyclic) bond motifs is 1. The van der Waals surface area contributed by atoms with E-state index in [2.05, 4.69) is 10.0 Å². The lowest BCUT2D eigenvalue weighted by Gasteiger charge is -2.25. The number of anilines is 2. The monoisotopic (exact) mass is 514 g/mol. The first-order valence-corrected chi connectivity index (χ1v) is 12.8. The van der Waals surface area contributed by atoms with Crippen LogP contribution in [0.2, 0.25) is 0 Å². The van der Waals surface area contributed by atoms with E-state index >= 15 is 0 Å². The van der Waals surface area contributed by atoms with E-state index in [-0.39, 0.29) is 28.3 Å².